The van der Waals surface area contributed by atoms with Crippen molar-refractivity contribution in [2.45, 2.75) is 24.8 Å². The summed E-state index contributed by atoms with van der Waals surface area (Å²) in [4.78, 5) is 23.9. The number of hydrogen-bond donors (Lipinski definition) is 3. The number of rotatable bonds is 9. The number of carboxylic acids is 1. The lowest BCUT2D eigenvalue weighted by Crippen LogP contribution is -2.41. The molecule has 0 aromatic heterocycles. The van der Waals surface area contributed by atoms with Crippen LogP contribution in [0.5, 0.6) is 0 Å². The maximum Gasteiger partial charge on any atom is 0.326 e. The number of nitrogens with one attached hydrogen (secondary N) is 1. The van der Waals surface area contributed by atoms with Crippen LogP contribution in [0.15, 0.2) is 84.9 Å². The molecule has 0 heterocycles. The Bertz CT molecular complexity index is 917. The molecule has 0 aliphatic carbocycles. The summed E-state index contributed by atoms with van der Waals surface area (Å²) in [6.45, 7) is 0.384. The van der Waals surface area contributed by atoms with Gasteiger partial charge in [0.2, 0.25) is 0 Å². The number of amides is 1. The van der Waals surface area contributed by atoms with Crippen molar-refractivity contribution in [3.63, 3.8) is 0 Å². The Morgan fingerprint density at radius 1 is 0.800 bits per heavy atom. The van der Waals surface area contributed by atoms with Crippen LogP contribution in [-0.2, 0) is 4.79 Å². The van der Waals surface area contributed by atoms with E-state index in [-0.39, 0.29) is 5.92 Å². The van der Waals surface area contributed by atoms with Crippen LogP contribution in [0, 0.1) is 0 Å². The molecule has 0 fully saturated rings. The predicted octanol–water partition coefficient (Wildman–Crippen LogP) is 3.79. The minimum absolute atomic E-state index is 0.0424. The number of aliphatic carboxylic acids is 1. The molecule has 1 amide bonds. The largest absolute Gasteiger partial charge is 0.480 e. The molecule has 0 bridgehead atoms. The quantitative estimate of drug-likeness (QED) is 0.475. The van der Waals surface area contributed by atoms with E-state index in [1.165, 1.54) is 0 Å². The van der Waals surface area contributed by atoms with Gasteiger partial charge in [0.25, 0.3) is 5.91 Å². The first-order valence-corrected chi connectivity index (χ1v) is 10.0. The minimum atomic E-state index is -1.05. The van der Waals surface area contributed by atoms with Crippen molar-refractivity contribution in [3.05, 3.63) is 107 Å². The van der Waals surface area contributed by atoms with Crippen LogP contribution in [0.4, 0.5) is 0 Å². The average molecular weight is 402 g/mol. The van der Waals surface area contributed by atoms with Crippen LogP contribution in [0.25, 0.3) is 0 Å². The lowest BCUT2D eigenvalue weighted by atomic mass is 9.85. The Morgan fingerprint density at radius 2 is 1.30 bits per heavy atom. The summed E-state index contributed by atoms with van der Waals surface area (Å²) in [5.74, 6) is -1.41. The van der Waals surface area contributed by atoms with Crippen molar-refractivity contribution >= 4 is 11.9 Å². The smallest absolute Gasteiger partial charge is 0.326 e. The molecule has 3 aromatic rings. The van der Waals surface area contributed by atoms with Gasteiger partial charge in [-0.15, -0.1) is 0 Å². The van der Waals surface area contributed by atoms with E-state index in [2.05, 4.69) is 29.6 Å². The van der Waals surface area contributed by atoms with E-state index in [0.29, 0.717) is 24.9 Å². The van der Waals surface area contributed by atoms with Crippen molar-refractivity contribution < 1.29 is 14.7 Å². The highest BCUT2D eigenvalue weighted by Crippen LogP contribution is 2.31. The molecule has 3 aromatic carbocycles. The first kappa shape index (κ1) is 21.3. The summed E-state index contributed by atoms with van der Waals surface area (Å²) >= 11 is 0. The second-order valence-corrected chi connectivity index (χ2v) is 7.17. The van der Waals surface area contributed by atoms with Gasteiger partial charge in [-0.1, -0.05) is 72.8 Å². The second kappa shape index (κ2) is 10.4. The van der Waals surface area contributed by atoms with Crippen LogP contribution in [-0.4, -0.2) is 29.6 Å². The molecular weight excluding hydrogens is 376 g/mol. The number of hydrogen-bond acceptors (Lipinski definition) is 3. The van der Waals surface area contributed by atoms with Crippen molar-refractivity contribution in [2.24, 2.45) is 5.73 Å². The number of benzene rings is 3. The van der Waals surface area contributed by atoms with Crippen LogP contribution in [0.1, 0.15) is 45.8 Å². The average Bonchev–Trinajstić information content (AvgIpc) is 2.78. The monoisotopic (exact) mass is 402 g/mol. The van der Waals surface area contributed by atoms with Crippen LogP contribution in [0.2, 0.25) is 0 Å². The fourth-order valence-corrected chi connectivity index (χ4v) is 3.52. The summed E-state index contributed by atoms with van der Waals surface area (Å²) in [5, 5.41) is 11.9. The highest BCUT2D eigenvalue weighted by molar-refractivity contribution is 5.96. The third-order valence-corrected chi connectivity index (χ3v) is 5.07. The van der Waals surface area contributed by atoms with Gasteiger partial charge in [0.05, 0.1) is 0 Å². The Labute approximate surface area is 176 Å². The fourth-order valence-electron chi connectivity index (χ4n) is 3.52. The van der Waals surface area contributed by atoms with Crippen molar-refractivity contribution in [3.8, 4) is 0 Å². The molecule has 30 heavy (non-hydrogen) atoms. The van der Waals surface area contributed by atoms with Gasteiger partial charge in [-0.25, -0.2) is 4.79 Å². The normalized spacial score (nSPS) is 11.8. The zero-order valence-corrected chi connectivity index (χ0v) is 16.7. The van der Waals surface area contributed by atoms with Gasteiger partial charge in [-0.2, -0.15) is 0 Å². The Kier molecular flexibility index (Phi) is 7.35. The minimum Gasteiger partial charge on any atom is -0.480 e. The van der Waals surface area contributed by atoms with Gasteiger partial charge in [0, 0.05) is 11.5 Å². The van der Waals surface area contributed by atoms with Crippen LogP contribution >= 0.6 is 0 Å². The van der Waals surface area contributed by atoms with E-state index in [9.17, 15) is 14.7 Å². The molecule has 0 aliphatic rings. The molecule has 0 radical (unpaired) electrons. The van der Waals surface area contributed by atoms with E-state index in [4.69, 9.17) is 5.73 Å². The molecule has 5 nitrogen and oxygen atoms in total. The summed E-state index contributed by atoms with van der Waals surface area (Å²) in [6, 6.07) is 26.8. The molecule has 0 aliphatic heterocycles. The fraction of sp³-hybridized carbons (Fsp3) is 0.200. The van der Waals surface area contributed by atoms with Gasteiger partial charge < -0.3 is 16.2 Å². The van der Waals surface area contributed by atoms with Gasteiger partial charge in [0.15, 0.2) is 0 Å². The maximum atomic E-state index is 12.5. The zero-order valence-electron chi connectivity index (χ0n) is 16.7. The third-order valence-electron chi connectivity index (χ3n) is 5.07. The van der Waals surface area contributed by atoms with E-state index in [0.717, 1.165) is 16.7 Å². The van der Waals surface area contributed by atoms with Crippen molar-refractivity contribution in [1.29, 1.82) is 0 Å². The highest BCUT2D eigenvalue weighted by Gasteiger charge is 2.21. The topological polar surface area (TPSA) is 92.4 Å². The van der Waals surface area contributed by atoms with Crippen LogP contribution < -0.4 is 11.1 Å². The number of carbonyl (C=O) groups is 2. The molecule has 5 heteroatoms. The summed E-state index contributed by atoms with van der Waals surface area (Å²) in [5.41, 5.74) is 9.26. The third kappa shape index (κ3) is 5.33. The van der Waals surface area contributed by atoms with E-state index in [1.54, 1.807) is 12.1 Å². The van der Waals surface area contributed by atoms with Crippen molar-refractivity contribution in [2.75, 3.05) is 6.54 Å². The number of carboxylic acid groups (broad SMARTS) is 1. The van der Waals surface area contributed by atoms with Gasteiger partial charge >= 0.3 is 5.97 Å². The molecule has 0 spiro atoms. The molecule has 4 N–H and O–H groups in total. The van der Waals surface area contributed by atoms with E-state index < -0.39 is 17.9 Å². The van der Waals surface area contributed by atoms with Gasteiger partial charge in [0.1, 0.15) is 6.04 Å². The predicted molar refractivity (Wildman–Crippen MR) is 117 cm³/mol. The summed E-state index contributed by atoms with van der Waals surface area (Å²) in [7, 11) is 0. The summed E-state index contributed by atoms with van der Waals surface area (Å²) in [6.07, 6.45) is 0.839. The van der Waals surface area contributed by atoms with E-state index in [1.807, 2.05) is 48.5 Å². The van der Waals surface area contributed by atoms with Crippen molar-refractivity contribution in [1.82, 2.24) is 5.32 Å². The Balaban J connectivity index is 1.83. The number of carbonyl (C=O) groups excluding carboxylic acids is 1. The second-order valence-electron chi connectivity index (χ2n) is 7.17. The molecule has 0 saturated heterocycles. The number of nitrogens with two attached hydrogens (primary N) is 1. The first-order chi connectivity index (χ1) is 14.6. The van der Waals surface area contributed by atoms with Gasteiger partial charge in [-0.3, -0.25) is 4.79 Å². The first-order valence-electron chi connectivity index (χ1n) is 10.0. The molecule has 0 unspecified atom stereocenters. The standard InChI is InChI=1S/C25H26N2O3/c26-17-7-12-22(25(29)30)27-24(28)21-15-13-20(14-16-21)23(18-8-3-1-4-9-18)19-10-5-2-6-11-19/h1-6,8-11,13-16,22-23H,7,12,17,26H2,(H,27,28)(H,29,30)/t22-/m0/s1. The van der Waals surface area contributed by atoms with Crippen LogP contribution in [0.3, 0.4) is 0 Å². The Hall–Kier alpha value is -3.44. The van der Waals surface area contributed by atoms with Gasteiger partial charge in [-0.05, 0) is 48.2 Å². The molecule has 3 rings (SSSR count). The Morgan fingerprint density at radius 3 is 1.77 bits per heavy atom. The lowest BCUT2D eigenvalue weighted by molar-refractivity contribution is -0.139. The lowest BCUT2D eigenvalue weighted by Gasteiger charge is -2.19. The molecule has 0 saturated carbocycles. The zero-order chi connectivity index (χ0) is 21.3. The summed E-state index contributed by atoms with van der Waals surface area (Å²) < 4.78 is 0. The highest BCUT2D eigenvalue weighted by atomic mass is 16.4. The maximum absolute atomic E-state index is 12.5. The SMILES string of the molecule is NCCC[C@H](NC(=O)c1ccc(C(c2ccccc2)c2ccccc2)cc1)C(=O)O. The van der Waals surface area contributed by atoms with E-state index >= 15 is 0 Å². The molecule has 1 atom stereocenters. The molecule has 154 valence electrons. The molecular formula is C25H26N2O3.